The fourth-order valence-electron chi connectivity index (χ4n) is 3.74. The van der Waals surface area contributed by atoms with Gasteiger partial charge in [0.2, 0.25) is 0 Å². The number of hydrogen-bond donors (Lipinski definition) is 1. The average Bonchev–Trinajstić information content (AvgIpc) is 3.34. The summed E-state index contributed by atoms with van der Waals surface area (Å²) < 4.78 is 18.0. The van der Waals surface area contributed by atoms with Crippen molar-refractivity contribution in [1.82, 2.24) is 19.7 Å². The predicted octanol–water partition coefficient (Wildman–Crippen LogP) is 4.25. The van der Waals surface area contributed by atoms with E-state index in [0.717, 1.165) is 41.4 Å². The van der Waals surface area contributed by atoms with Gasteiger partial charge in [-0.25, -0.2) is 18.6 Å². The first-order valence-electron chi connectivity index (χ1n) is 10.2. The van der Waals surface area contributed by atoms with E-state index in [1.807, 2.05) is 35.3 Å². The number of nitrogens with one attached hydrogen (secondary N) is 1. The molecule has 0 amide bonds. The maximum atomic E-state index is 13.9. The van der Waals surface area contributed by atoms with Crippen LogP contribution in [0.25, 0.3) is 16.9 Å². The predicted molar refractivity (Wildman–Crippen MR) is 116 cm³/mol. The molecule has 0 spiro atoms. The van der Waals surface area contributed by atoms with E-state index in [9.17, 15) is 4.39 Å². The molecule has 0 aliphatic rings. The highest BCUT2D eigenvalue weighted by molar-refractivity contribution is 5.63. The molecule has 0 saturated heterocycles. The van der Waals surface area contributed by atoms with Crippen molar-refractivity contribution in [3.8, 4) is 16.9 Å². The van der Waals surface area contributed by atoms with Gasteiger partial charge in [0.1, 0.15) is 24.8 Å². The Morgan fingerprint density at radius 1 is 1.13 bits per heavy atom. The van der Waals surface area contributed by atoms with Gasteiger partial charge in [-0.1, -0.05) is 24.3 Å². The molecule has 5 nitrogen and oxygen atoms in total. The van der Waals surface area contributed by atoms with E-state index in [4.69, 9.17) is 5.10 Å². The SMILES string of the molecule is CC[n+]1cc[nH]c1CN(C)Cc1cn(-c2cccc(C)c2)nc1-c1cccc(F)c1. The highest BCUT2D eigenvalue weighted by Gasteiger charge is 2.17. The maximum Gasteiger partial charge on any atom is 0.268 e. The van der Waals surface area contributed by atoms with Gasteiger partial charge in [-0.05, 0) is 50.7 Å². The summed E-state index contributed by atoms with van der Waals surface area (Å²) >= 11 is 0. The van der Waals surface area contributed by atoms with Gasteiger partial charge in [0.05, 0.1) is 17.9 Å². The lowest BCUT2D eigenvalue weighted by molar-refractivity contribution is -0.700. The number of aryl methyl sites for hydroxylation is 2. The molecule has 0 unspecified atom stereocenters. The first-order chi connectivity index (χ1) is 14.5. The lowest BCUT2D eigenvalue weighted by atomic mass is 10.1. The zero-order valence-corrected chi connectivity index (χ0v) is 17.6. The van der Waals surface area contributed by atoms with Crippen LogP contribution < -0.4 is 4.57 Å². The second-order valence-corrected chi connectivity index (χ2v) is 7.66. The van der Waals surface area contributed by atoms with Crippen molar-refractivity contribution in [3.05, 3.63) is 89.9 Å². The Hall–Kier alpha value is -3.25. The van der Waals surface area contributed by atoms with Crippen molar-refractivity contribution < 1.29 is 8.96 Å². The van der Waals surface area contributed by atoms with E-state index >= 15 is 0 Å². The molecule has 0 bridgehead atoms. The molecule has 0 aliphatic heterocycles. The van der Waals surface area contributed by atoms with Gasteiger partial charge < -0.3 is 0 Å². The summed E-state index contributed by atoms with van der Waals surface area (Å²) in [5.74, 6) is 0.894. The minimum atomic E-state index is -0.257. The van der Waals surface area contributed by atoms with Gasteiger partial charge in [0.25, 0.3) is 5.82 Å². The molecule has 2 aromatic carbocycles. The normalized spacial score (nSPS) is 11.4. The summed E-state index contributed by atoms with van der Waals surface area (Å²) in [4.78, 5) is 5.55. The Labute approximate surface area is 176 Å². The Morgan fingerprint density at radius 2 is 1.97 bits per heavy atom. The van der Waals surface area contributed by atoms with Crippen LogP contribution in [-0.2, 0) is 19.6 Å². The molecule has 6 heteroatoms. The molecule has 1 N–H and O–H groups in total. The highest BCUT2D eigenvalue weighted by Crippen LogP contribution is 2.26. The maximum absolute atomic E-state index is 13.9. The molecule has 154 valence electrons. The van der Waals surface area contributed by atoms with Gasteiger partial charge in [0.15, 0.2) is 0 Å². The van der Waals surface area contributed by atoms with Crippen LogP contribution in [-0.4, -0.2) is 26.7 Å². The van der Waals surface area contributed by atoms with Crippen LogP contribution in [0.5, 0.6) is 0 Å². The number of imidazole rings is 1. The lowest BCUT2D eigenvalue weighted by Crippen LogP contribution is -2.37. The number of hydrogen-bond acceptors (Lipinski definition) is 2. The van der Waals surface area contributed by atoms with Crippen LogP contribution >= 0.6 is 0 Å². The Bertz CT molecular complexity index is 1140. The van der Waals surface area contributed by atoms with E-state index in [1.165, 1.54) is 11.6 Å². The lowest BCUT2D eigenvalue weighted by Gasteiger charge is -2.14. The quantitative estimate of drug-likeness (QED) is 0.468. The van der Waals surface area contributed by atoms with Gasteiger partial charge >= 0.3 is 0 Å². The third kappa shape index (κ3) is 4.33. The smallest absolute Gasteiger partial charge is 0.268 e. The van der Waals surface area contributed by atoms with Crippen molar-refractivity contribution in [2.45, 2.75) is 33.5 Å². The monoisotopic (exact) mass is 404 g/mol. The Morgan fingerprint density at radius 3 is 2.73 bits per heavy atom. The summed E-state index contributed by atoms with van der Waals surface area (Å²) in [6, 6.07) is 14.9. The Kier molecular flexibility index (Phi) is 5.77. The van der Waals surface area contributed by atoms with Crippen LogP contribution in [0.15, 0.2) is 67.1 Å². The first-order valence-corrected chi connectivity index (χ1v) is 10.2. The highest BCUT2D eigenvalue weighted by atomic mass is 19.1. The number of H-pyrrole nitrogens is 1. The molecule has 0 fully saturated rings. The van der Waals surface area contributed by atoms with Gasteiger partial charge in [-0.15, -0.1) is 0 Å². The van der Waals surface area contributed by atoms with Crippen LogP contribution in [0.1, 0.15) is 23.9 Å². The molecule has 30 heavy (non-hydrogen) atoms. The standard InChI is InChI=1S/C24H26FN5/c1-4-29-12-11-26-23(29)17-28(3)15-20-16-30(22-10-5-7-18(2)13-22)27-24(20)19-8-6-9-21(25)14-19/h5-14,16H,4,15,17H2,1-3H3/p+1. The number of halogens is 1. The molecule has 2 heterocycles. The number of rotatable bonds is 7. The number of nitrogens with zero attached hydrogens (tertiary/aromatic N) is 4. The van der Waals surface area contributed by atoms with Crippen molar-refractivity contribution in [2.75, 3.05) is 7.05 Å². The van der Waals surface area contributed by atoms with E-state index in [-0.39, 0.29) is 5.82 Å². The Balaban J connectivity index is 1.68. The summed E-state index contributed by atoms with van der Waals surface area (Å²) in [5, 5.41) is 4.83. The third-order valence-electron chi connectivity index (χ3n) is 5.21. The summed E-state index contributed by atoms with van der Waals surface area (Å²) in [5.41, 5.74) is 4.81. The van der Waals surface area contributed by atoms with Crippen molar-refractivity contribution >= 4 is 0 Å². The minimum Gasteiger partial charge on any atom is -0.291 e. The van der Waals surface area contributed by atoms with Crippen LogP contribution in [0.3, 0.4) is 0 Å². The van der Waals surface area contributed by atoms with Crippen molar-refractivity contribution in [3.63, 3.8) is 0 Å². The second kappa shape index (κ2) is 8.63. The van der Waals surface area contributed by atoms with Crippen LogP contribution in [0.2, 0.25) is 0 Å². The van der Waals surface area contributed by atoms with E-state index in [2.05, 4.69) is 53.7 Å². The van der Waals surface area contributed by atoms with Crippen LogP contribution in [0, 0.1) is 12.7 Å². The molecule has 2 aromatic heterocycles. The number of benzene rings is 2. The molecule has 4 rings (SSSR count). The molecule has 0 aliphatic carbocycles. The first kappa shape index (κ1) is 20.0. The second-order valence-electron chi connectivity index (χ2n) is 7.66. The van der Waals surface area contributed by atoms with E-state index < -0.39 is 0 Å². The minimum absolute atomic E-state index is 0.257. The molecule has 4 aromatic rings. The van der Waals surface area contributed by atoms with Crippen molar-refractivity contribution in [1.29, 1.82) is 0 Å². The average molecular weight is 405 g/mol. The largest absolute Gasteiger partial charge is 0.291 e. The molecule has 0 atom stereocenters. The van der Waals surface area contributed by atoms with E-state index in [0.29, 0.717) is 6.54 Å². The number of aromatic nitrogens is 4. The molecule has 0 saturated carbocycles. The van der Waals surface area contributed by atoms with Gasteiger partial charge in [-0.2, -0.15) is 5.10 Å². The van der Waals surface area contributed by atoms with Crippen LogP contribution in [0.4, 0.5) is 4.39 Å². The van der Waals surface area contributed by atoms with E-state index in [1.54, 1.807) is 12.1 Å². The molecular formula is C24H27FN5+. The van der Waals surface area contributed by atoms with Crippen molar-refractivity contribution in [2.24, 2.45) is 0 Å². The summed E-state index contributed by atoms with van der Waals surface area (Å²) in [7, 11) is 2.08. The number of aromatic amines is 1. The summed E-state index contributed by atoms with van der Waals surface area (Å²) in [6.45, 7) is 6.59. The van der Waals surface area contributed by atoms with Gasteiger partial charge in [0, 0.05) is 23.9 Å². The van der Waals surface area contributed by atoms with Gasteiger partial charge in [-0.3, -0.25) is 4.90 Å². The zero-order chi connectivity index (χ0) is 21.1. The zero-order valence-electron chi connectivity index (χ0n) is 17.6. The molecular weight excluding hydrogens is 377 g/mol. The summed E-state index contributed by atoms with van der Waals surface area (Å²) in [6.07, 6.45) is 6.06. The molecule has 0 radical (unpaired) electrons. The third-order valence-corrected chi connectivity index (χ3v) is 5.21. The topological polar surface area (TPSA) is 40.7 Å². The fourth-order valence-corrected chi connectivity index (χ4v) is 3.74. The fraction of sp³-hybridized carbons (Fsp3) is 0.250.